The van der Waals surface area contributed by atoms with Gasteiger partial charge in [-0.1, -0.05) is 19.9 Å². The first-order valence-corrected chi connectivity index (χ1v) is 9.46. The van der Waals surface area contributed by atoms with Crippen LogP contribution in [0, 0.1) is 34.0 Å². The van der Waals surface area contributed by atoms with E-state index >= 15 is 0 Å². The summed E-state index contributed by atoms with van der Waals surface area (Å²) in [4.78, 5) is 12.1. The van der Waals surface area contributed by atoms with Gasteiger partial charge in [-0.15, -0.1) is 0 Å². The second-order valence-corrected chi connectivity index (χ2v) is 9.51. The van der Waals surface area contributed by atoms with Gasteiger partial charge < -0.3 is 15.3 Å². The van der Waals surface area contributed by atoms with E-state index in [1.54, 1.807) is 0 Å². The molecule has 0 saturated heterocycles. The largest absolute Gasteiger partial charge is 0.481 e. The molecule has 0 amide bonds. The van der Waals surface area contributed by atoms with Gasteiger partial charge in [-0.05, 0) is 74.2 Å². The molecule has 0 heterocycles. The number of carbonyl (C=O) groups is 1. The minimum Gasteiger partial charge on any atom is -0.481 e. The van der Waals surface area contributed by atoms with Crippen molar-refractivity contribution in [2.45, 2.75) is 71.0 Å². The Kier molecular flexibility index (Phi) is 3.35. The van der Waals surface area contributed by atoms with Gasteiger partial charge in [0, 0.05) is 5.41 Å². The van der Waals surface area contributed by atoms with Crippen molar-refractivity contribution < 1.29 is 20.1 Å². The standard InChI is InChI=1S/C20H30O4/c1-11-12-5-6-13-18(2)7-4-8-19(3,17(23)24)14(18)9-15(21)20(13,10-12)16(11)22/h12-16,21-22H,1,4-10H2,2-3H3,(H,23,24)/t12-,13+,14+,15+,16+,18+,19-,20-/m1/s1. The number of carboxylic acids is 1. The Morgan fingerprint density at radius 1 is 1.17 bits per heavy atom. The Morgan fingerprint density at radius 3 is 2.54 bits per heavy atom. The smallest absolute Gasteiger partial charge is 0.309 e. The number of rotatable bonds is 1. The molecule has 0 aliphatic heterocycles. The Morgan fingerprint density at radius 2 is 1.88 bits per heavy atom. The van der Waals surface area contributed by atoms with E-state index in [1.807, 2.05) is 6.92 Å². The van der Waals surface area contributed by atoms with E-state index in [4.69, 9.17) is 0 Å². The summed E-state index contributed by atoms with van der Waals surface area (Å²) in [7, 11) is 0. The summed E-state index contributed by atoms with van der Waals surface area (Å²) < 4.78 is 0. The second-order valence-electron chi connectivity index (χ2n) is 9.51. The minimum absolute atomic E-state index is 0.0282. The van der Waals surface area contributed by atoms with Crippen LogP contribution in [0.15, 0.2) is 12.2 Å². The molecule has 4 heteroatoms. The highest BCUT2D eigenvalue weighted by Crippen LogP contribution is 2.72. The SMILES string of the molecule is C=C1[C@@H]2CC[C@H]3[C@]4(C)CCC[C@@](C)(C(=O)O)[C@H]4C[C@H](O)[C@]3(C2)[C@H]1O. The summed E-state index contributed by atoms with van der Waals surface area (Å²) in [5, 5.41) is 32.0. The number of carboxylic acid groups (broad SMARTS) is 1. The summed E-state index contributed by atoms with van der Waals surface area (Å²) in [6.07, 6.45) is 4.64. The molecule has 3 N–H and O–H groups in total. The van der Waals surface area contributed by atoms with Crippen molar-refractivity contribution in [1.29, 1.82) is 0 Å². The quantitative estimate of drug-likeness (QED) is 0.644. The van der Waals surface area contributed by atoms with Crippen molar-refractivity contribution in [3.63, 3.8) is 0 Å². The van der Waals surface area contributed by atoms with Crippen molar-refractivity contribution in [2.75, 3.05) is 0 Å². The molecule has 134 valence electrons. The summed E-state index contributed by atoms with van der Waals surface area (Å²) in [6, 6.07) is 0. The van der Waals surface area contributed by atoms with Crippen LogP contribution in [0.5, 0.6) is 0 Å². The number of aliphatic hydroxyl groups is 2. The van der Waals surface area contributed by atoms with Crippen LogP contribution in [0.3, 0.4) is 0 Å². The van der Waals surface area contributed by atoms with E-state index in [0.29, 0.717) is 18.8 Å². The zero-order valence-corrected chi connectivity index (χ0v) is 14.8. The van der Waals surface area contributed by atoms with Crippen molar-refractivity contribution in [1.82, 2.24) is 0 Å². The maximum atomic E-state index is 12.1. The third-order valence-corrected chi connectivity index (χ3v) is 8.78. The number of hydrogen-bond donors (Lipinski definition) is 3. The van der Waals surface area contributed by atoms with Crippen molar-refractivity contribution >= 4 is 5.97 Å². The zero-order valence-electron chi connectivity index (χ0n) is 14.8. The molecule has 0 aromatic heterocycles. The highest BCUT2D eigenvalue weighted by atomic mass is 16.4. The van der Waals surface area contributed by atoms with Crippen molar-refractivity contribution in [3.05, 3.63) is 12.2 Å². The topological polar surface area (TPSA) is 77.8 Å². The summed E-state index contributed by atoms with van der Waals surface area (Å²) in [5.41, 5.74) is -0.494. The Bertz CT molecular complexity index is 600. The van der Waals surface area contributed by atoms with Crippen LogP contribution < -0.4 is 0 Å². The Labute approximate surface area is 144 Å². The molecular weight excluding hydrogens is 304 g/mol. The first-order valence-electron chi connectivity index (χ1n) is 9.46. The highest BCUT2D eigenvalue weighted by molar-refractivity contribution is 5.75. The van der Waals surface area contributed by atoms with Crippen LogP contribution >= 0.6 is 0 Å². The predicted molar refractivity (Wildman–Crippen MR) is 90.2 cm³/mol. The van der Waals surface area contributed by atoms with Crippen LogP contribution in [-0.2, 0) is 4.79 Å². The molecule has 4 rings (SSSR count). The molecule has 0 unspecified atom stereocenters. The zero-order chi connectivity index (χ0) is 17.5. The van der Waals surface area contributed by atoms with Crippen LogP contribution in [-0.4, -0.2) is 33.5 Å². The van der Waals surface area contributed by atoms with Gasteiger partial charge in [0.05, 0.1) is 17.6 Å². The summed E-state index contributed by atoms with van der Waals surface area (Å²) in [5.74, 6) is -0.255. The van der Waals surface area contributed by atoms with Gasteiger partial charge in [0.25, 0.3) is 0 Å². The van der Waals surface area contributed by atoms with Crippen LogP contribution in [0.25, 0.3) is 0 Å². The average Bonchev–Trinajstić information content (AvgIpc) is 2.72. The lowest BCUT2D eigenvalue weighted by molar-refractivity contribution is -0.225. The lowest BCUT2D eigenvalue weighted by atomic mass is 9.40. The van der Waals surface area contributed by atoms with Gasteiger partial charge >= 0.3 is 5.97 Å². The maximum Gasteiger partial charge on any atom is 0.309 e. The first-order chi connectivity index (χ1) is 11.2. The van der Waals surface area contributed by atoms with Crippen LogP contribution in [0.4, 0.5) is 0 Å². The van der Waals surface area contributed by atoms with Gasteiger partial charge in [0.15, 0.2) is 0 Å². The lowest BCUT2D eigenvalue weighted by Gasteiger charge is -2.65. The molecule has 1 spiro atoms. The van der Waals surface area contributed by atoms with Crippen LogP contribution in [0.2, 0.25) is 0 Å². The molecular formula is C20H30O4. The highest BCUT2D eigenvalue weighted by Gasteiger charge is 2.70. The lowest BCUT2D eigenvalue weighted by Crippen LogP contribution is -2.65. The Balaban J connectivity index is 1.83. The van der Waals surface area contributed by atoms with Crippen LogP contribution in [0.1, 0.15) is 58.8 Å². The molecule has 0 aromatic carbocycles. The molecule has 2 bridgehead atoms. The van der Waals surface area contributed by atoms with E-state index in [0.717, 1.165) is 37.7 Å². The second kappa shape index (κ2) is 4.85. The molecule has 0 aromatic rings. The van der Waals surface area contributed by atoms with E-state index < -0.39 is 29.0 Å². The summed E-state index contributed by atoms with van der Waals surface area (Å²) in [6.45, 7) is 8.24. The molecule has 4 aliphatic carbocycles. The number of aliphatic hydroxyl groups excluding tert-OH is 2. The third kappa shape index (κ3) is 1.69. The molecule has 4 saturated carbocycles. The minimum atomic E-state index is -0.771. The van der Waals surface area contributed by atoms with Gasteiger partial charge in [-0.25, -0.2) is 0 Å². The Hall–Kier alpha value is -0.870. The van der Waals surface area contributed by atoms with Crippen molar-refractivity contribution in [2.24, 2.45) is 34.0 Å². The van der Waals surface area contributed by atoms with E-state index in [-0.39, 0.29) is 17.3 Å². The maximum absolute atomic E-state index is 12.1. The first kappa shape index (κ1) is 16.6. The van der Waals surface area contributed by atoms with Crippen molar-refractivity contribution in [3.8, 4) is 0 Å². The van der Waals surface area contributed by atoms with E-state index in [2.05, 4.69) is 13.5 Å². The molecule has 24 heavy (non-hydrogen) atoms. The van der Waals surface area contributed by atoms with Gasteiger partial charge in [0.1, 0.15) is 0 Å². The molecule has 0 radical (unpaired) electrons. The summed E-state index contributed by atoms with van der Waals surface area (Å²) >= 11 is 0. The molecule has 4 fully saturated rings. The van der Waals surface area contributed by atoms with E-state index in [9.17, 15) is 20.1 Å². The van der Waals surface area contributed by atoms with Gasteiger partial charge in [-0.2, -0.15) is 0 Å². The average molecular weight is 334 g/mol. The molecule has 4 aliphatic rings. The normalized spacial score (nSPS) is 56.5. The van der Waals surface area contributed by atoms with E-state index in [1.165, 1.54) is 0 Å². The fourth-order valence-electron chi connectivity index (χ4n) is 7.55. The molecule has 8 atom stereocenters. The number of hydrogen-bond acceptors (Lipinski definition) is 3. The number of fused-ring (bicyclic) bond motifs is 3. The fraction of sp³-hybridized carbons (Fsp3) is 0.850. The van der Waals surface area contributed by atoms with Gasteiger partial charge in [0.2, 0.25) is 0 Å². The fourth-order valence-corrected chi connectivity index (χ4v) is 7.55. The van der Waals surface area contributed by atoms with Gasteiger partial charge in [-0.3, -0.25) is 4.79 Å². The predicted octanol–water partition coefficient (Wildman–Crippen LogP) is 2.98. The molecule has 4 nitrogen and oxygen atoms in total. The third-order valence-electron chi connectivity index (χ3n) is 8.78. The monoisotopic (exact) mass is 334 g/mol. The number of aliphatic carboxylic acids is 1.